The molecule has 0 unspecified atom stereocenters. The number of likely N-dealkylation sites (N-methyl/N-ethyl adjacent to an activating group) is 1. The van der Waals surface area contributed by atoms with Crippen LogP contribution in [-0.4, -0.2) is 39.0 Å². The van der Waals surface area contributed by atoms with Crippen molar-refractivity contribution >= 4 is 39.3 Å². The molecule has 210 valence electrons. The molecule has 3 N–H and O–H groups in total. The molecule has 1 aliphatic rings. The number of thiophene rings is 1. The standard InChI is InChI=1S/C34H37N5OS/c1-7-20(3)15-24(16-22(5)19-35-8-2)27-11-12-28-33(37-27)34(39-38-28)30-18-26-25(10-9-21(4)17-29(26)36-30)32-14-13-31(41-32)23(6)40/h7,9-16,18,20,35-36H,1,8,17,19H2,2-6H3,(H,38,39)/b22-16+,24-15+/t20-/m0/s1. The summed E-state index contributed by atoms with van der Waals surface area (Å²) in [6, 6.07) is 10.2. The fourth-order valence-corrected chi connectivity index (χ4v) is 5.93. The van der Waals surface area contributed by atoms with E-state index in [1.165, 1.54) is 22.5 Å². The van der Waals surface area contributed by atoms with Gasteiger partial charge in [0.05, 0.1) is 21.8 Å². The molecule has 1 atom stereocenters. The molecule has 0 fully saturated rings. The Labute approximate surface area is 245 Å². The van der Waals surface area contributed by atoms with Crippen molar-refractivity contribution in [1.29, 1.82) is 0 Å². The number of Topliss-reactive ketones (excluding diaryl/α,β-unsaturated/α-hetero) is 1. The normalized spacial score (nSPS) is 14.9. The van der Waals surface area contributed by atoms with Gasteiger partial charge < -0.3 is 10.3 Å². The molecule has 0 saturated carbocycles. The molecular formula is C34H37N5OS. The maximum absolute atomic E-state index is 12.0. The van der Waals surface area contributed by atoms with E-state index in [9.17, 15) is 4.79 Å². The molecule has 0 bridgehead atoms. The quantitative estimate of drug-likeness (QED) is 0.104. The Morgan fingerprint density at radius 2 is 2.05 bits per heavy atom. The zero-order valence-electron chi connectivity index (χ0n) is 24.4. The number of hydrogen-bond acceptors (Lipinski definition) is 5. The average molecular weight is 564 g/mol. The second-order valence-corrected chi connectivity index (χ2v) is 11.8. The number of rotatable bonds is 10. The SMILES string of the molecule is C=C[C@H](C)/C=C(\C=C(/C)CNCC)c1ccc2[nH]nc(-c3cc4c([nH]3)CC(C)=CC=C4c3ccc(C(C)=O)s3)c2n1. The summed E-state index contributed by atoms with van der Waals surface area (Å²) in [5, 5.41) is 11.3. The summed E-state index contributed by atoms with van der Waals surface area (Å²) in [6.45, 7) is 15.8. The average Bonchev–Trinajstić information content (AvgIpc) is 3.68. The van der Waals surface area contributed by atoms with Crippen LogP contribution in [0.15, 0.2) is 78.4 Å². The van der Waals surface area contributed by atoms with Crippen LogP contribution in [0.2, 0.25) is 0 Å². The van der Waals surface area contributed by atoms with Crippen LogP contribution < -0.4 is 5.32 Å². The molecule has 6 nitrogen and oxygen atoms in total. The highest BCUT2D eigenvalue weighted by Gasteiger charge is 2.21. The zero-order valence-corrected chi connectivity index (χ0v) is 25.2. The highest BCUT2D eigenvalue weighted by molar-refractivity contribution is 7.15. The summed E-state index contributed by atoms with van der Waals surface area (Å²) in [5.41, 5.74) is 11.2. The first-order valence-corrected chi connectivity index (χ1v) is 14.9. The van der Waals surface area contributed by atoms with Gasteiger partial charge in [-0.3, -0.25) is 9.89 Å². The van der Waals surface area contributed by atoms with Crippen molar-refractivity contribution in [2.24, 2.45) is 5.92 Å². The third kappa shape index (κ3) is 6.16. The van der Waals surface area contributed by atoms with Crippen LogP contribution in [0.25, 0.3) is 33.6 Å². The number of ketones is 1. The van der Waals surface area contributed by atoms with E-state index >= 15 is 0 Å². The molecule has 0 aromatic carbocycles. The molecule has 4 heterocycles. The van der Waals surface area contributed by atoms with Gasteiger partial charge in [-0.05, 0) is 69.1 Å². The van der Waals surface area contributed by atoms with E-state index in [0.717, 1.165) is 79.8 Å². The summed E-state index contributed by atoms with van der Waals surface area (Å²) >= 11 is 1.53. The fraction of sp³-hybridized carbons (Fsp3) is 0.265. The third-order valence-electron chi connectivity index (χ3n) is 7.23. The topological polar surface area (TPSA) is 86.5 Å². The maximum atomic E-state index is 12.0. The first-order valence-electron chi connectivity index (χ1n) is 14.1. The van der Waals surface area contributed by atoms with E-state index in [-0.39, 0.29) is 11.7 Å². The Morgan fingerprint density at radius 1 is 1.22 bits per heavy atom. The van der Waals surface area contributed by atoms with Gasteiger partial charge in [0.2, 0.25) is 0 Å². The van der Waals surface area contributed by atoms with Gasteiger partial charge in [-0.15, -0.1) is 17.9 Å². The van der Waals surface area contributed by atoms with Crippen LogP contribution in [0.5, 0.6) is 0 Å². The molecule has 0 amide bonds. The molecule has 4 aromatic heterocycles. The molecule has 0 saturated heterocycles. The molecule has 41 heavy (non-hydrogen) atoms. The predicted molar refractivity (Wildman–Crippen MR) is 172 cm³/mol. The Morgan fingerprint density at radius 3 is 2.78 bits per heavy atom. The number of carbonyl (C=O) groups is 1. The van der Waals surface area contributed by atoms with Crippen molar-refractivity contribution in [2.45, 2.75) is 41.0 Å². The van der Waals surface area contributed by atoms with Crippen LogP contribution in [-0.2, 0) is 6.42 Å². The van der Waals surface area contributed by atoms with Gasteiger partial charge in [-0.2, -0.15) is 5.10 Å². The van der Waals surface area contributed by atoms with Gasteiger partial charge in [0, 0.05) is 34.7 Å². The molecule has 0 spiro atoms. The monoisotopic (exact) mass is 563 g/mol. The van der Waals surface area contributed by atoms with E-state index < -0.39 is 0 Å². The number of nitrogens with zero attached hydrogens (tertiary/aromatic N) is 2. The second-order valence-electron chi connectivity index (χ2n) is 10.7. The van der Waals surface area contributed by atoms with Crippen molar-refractivity contribution in [2.75, 3.05) is 13.1 Å². The zero-order chi connectivity index (χ0) is 29.1. The molecule has 5 rings (SSSR count). The summed E-state index contributed by atoms with van der Waals surface area (Å²) in [4.78, 5) is 22.6. The van der Waals surface area contributed by atoms with Crippen LogP contribution in [0, 0.1) is 5.92 Å². The van der Waals surface area contributed by atoms with E-state index in [1.54, 1.807) is 6.92 Å². The van der Waals surface area contributed by atoms with Crippen molar-refractivity contribution in [3.8, 4) is 11.4 Å². The lowest BCUT2D eigenvalue weighted by molar-refractivity contribution is 0.102. The van der Waals surface area contributed by atoms with E-state index in [2.05, 4.69) is 86.1 Å². The van der Waals surface area contributed by atoms with E-state index in [1.807, 2.05) is 24.3 Å². The first-order chi connectivity index (χ1) is 19.8. The van der Waals surface area contributed by atoms with Gasteiger partial charge in [-0.1, -0.05) is 55.4 Å². The lowest BCUT2D eigenvalue weighted by Crippen LogP contribution is -2.14. The van der Waals surface area contributed by atoms with Gasteiger partial charge >= 0.3 is 0 Å². The number of hydrogen-bond donors (Lipinski definition) is 3. The smallest absolute Gasteiger partial charge is 0.169 e. The third-order valence-corrected chi connectivity index (χ3v) is 8.45. The second kappa shape index (κ2) is 12.2. The molecule has 7 heteroatoms. The lowest BCUT2D eigenvalue weighted by atomic mass is 10.0. The number of carbonyl (C=O) groups excluding carboxylic acids is 1. The molecule has 4 aromatic rings. The van der Waals surface area contributed by atoms with Crippen molar-refractivity contribution in [1.82, 2.24) is 25.5 Å². The van der Waals surface area contributed by atoms with E-state index in [4.69, 9.17) is 10.1 Å². The highest BCUT2D eigenvalue weighted by Crippen LogP contribution is 2.38. The van der Waals surface area contributed by atoms with Gasteiger partial charge in [-0.25, -0.2) is 4.98 Å². The summed E-state index contributed by atoms with van der Waals surface area (Å²) in [7, 11) is 0. The van der Waals surface area contributed by atoms with Gasteiger partial charge in [0.15, 0.2) is 5.78 Å². The largest absolute Gasteiger partial charge is 0.356 e. The molecule has 0 radical (unpaired) electrons. The van der Waals surface area contributed by atoms with Crippen molar-refractivity contribution in [3.05, 3.63) is 105 Å². The molecular weight excluding hydrogens is 526 g/mol. The first kappa shape index (κ1) is 28.5. The number of aromatic nitrogens is 4. The van der Waals surface area contributed by atoms with Gasteiger partial charge in [0.1, 0.15) is 11.2 Å². The Hall–Kier alpha value is -4.07. The van der Waals surface area contributed by atoms with Crippen molar-refractivity contribution in [3.63, 3.8) is 0 Å². The fourth-order valence-electron chi connectivity index (χ4n) is 4.99. The number of fused-ring (bicyclic) bond motifs is 2. The Balaban J connectivity index is 1.58. The Bertz CT molecular complexity index is 1740. The van der Waals surface area contributed by atoms with Crippen LogP contribution in [0.4, 0.5) is 0 Å². The highest BCUT2D eigenvalue weighted by atomic mass is 32.1. The summed E-state index contributed by atoms with van der Waals surface area (Å²) < 4.78 is 0. The number of H-pyrrole nitrogens is 2. The summed E-state index contributed by atoms with van der Waals surface area (Å²) in [6.07, 6.45) is 11.5. The van der Waals surface area contributed by atoms with Crippen LogP contribution >= 0.6 is 11.3 Å². The molecule has 1 aliphatic carbocycles. The number of pyridine rings is 1. The Kier molecular flexibility index (Phi) is 8.47. The van der Waals surface area contributed by atoms with Crippen LogP contribution in [0.3, 0.4) is 0 Å². The molecule has 0 aliphatic heterocycles. The minimum atomic E-state index is 0.0876. The predicted octanol–water partition coefficient (Wildman–Crippen LogP) is 7.91. The number of nitrogens with one attached hydrogen (secondary N) is 3. The van der Waals surface area contributed by atoms with Gasteiger partial charge in [0.25, 0.3) is 0 Å². The van der Waals surface area contributed by atoms with E-state index in [0.29, 0.717) is 0 Å². The van der Waals surface area contributed by atoms with Crippen LogP contribution in [0.1, 0.15) is 66.1 Å². The number of allylic oxidation sites excluding steroid dienone is 7. The lowest BCUT2D eigenvalue weighted by Gasteiger charge is -2.09. The maximum Gasteiger partial charge on any atom is 0.169 e. The minimum absolute atomic E-state index is 0.0876. The summed E-state index contributed by atoms with van der Waals surface area (Å²) in [5.74, 6) is 0.292. The minimum Gasteiger partial charge on any atom is -0.356 e. The number of aromatic amines is 2. The van der Waals surface area contributed by atoms with Crippen molar-refractivity contribution < 1.29 is 4.79 Å².